The monoisotopic (exact) mass is 450 g/mol. The zero-order valence-corrected chi connectivity index (χ0v) is 15.6. The van der Waals surface area contributed by atoms with Crippen LogP contribution < -0.4 is 0 Å². The second kappa shape index (κ2) is 10.4. The molecule has 0 spiro atoms. The van der Waals surface area contributed by atoms with Crippen molar-refractivity contribution in [1.29, 1.82) is 0 Å². The number of hydrogen-bond donors (Lipinski definition) is 0. The maximum atomic E-state index is 12.1. The van der Waals surface area contributed by atoms with E-state index in [1.54, 1.807) is 0 Å². The Labute approximate surface area is 156 Å². The van der Waals surface area contributed by atoms with Gasteiger partial charge in [-0.1, -0.05) is 40.3 Å². The van der Waals surface area contributed by atoms with Crippen molar-refractivity contribution in [2.45, 2.75) is 11.8 Å². The molecule has 1 nitrogen and oxygen atoms in total. The standard InChI is InChI=1S/C12H10IOS.C5H5.Fe/c1-9-5-7-10(8-6-9)15(14)12-4-2-3-11(12)13;1-2-4-5-3-1;/h2-8H,1H3;1-5H;/q;;+2. The van der Waals surface area contributed by atoms with Gasteiger partial charge in [0.05, 0.1) is 20.0 Å². The van der Waals surface area contributed by atoms with Crippen LogP contribution in [0.3, 0.4) is 0 Å². The summed E-state index contributed by atoms with van der Waals surface area (Å²) >= 11 is 2.21. The molecule has 1 aromatic carbocycles. The van der Waals surface area contributed by atoms with Gasteiger partial charge in [-0.25, -0.2) is 0 Å². The fourth-order valence-electron chi connectivity index (χ4n) is 1.64. The number of rotatable bonds is 2. The predicted octanol–water partition coefficient (Wildman–Crippen LogP) is 4.25. The van der Waals surface area contributed by atoms with Gasteiger partial charge in [-0.3, -0.25) is 4.21 Å². The predicted molar refractivity (Wildman–Crippen MR) is 92.5 cm³/mol. The Bertz CT molecular complexity index is 423. The fraction of sp³-hybridized carbons (Fsp3) is 0.0588. The van der Waals surface area contributed by atoms with Crippen molar-refractivity contribution in [3.63, 3.8) is 0 Å². The zero-order valence-electron chi connectivity index (χ0n) is 11.5. The van der Waals surface area contributed by atoms with Gasteiger partial charge in [0, 0.05) is 4.90 Å². The molecule has 108 valence electrons. The Morgan fingerprint density at radius 3 is 1.81 bits per heavy atom. The summed E-state index contributed by atoms with van der Waals surface area (Å²) in [6.07, 6.45) is 15.8. The quantitative estimate of drug-likeness (QED) is 0.487. The molecule has 21 heavy (non-hydrogen) atoms. The number of halogens is 1. The summed E-state index contributed by atoms with van der Waals surface area (Å²) in [6.45, 7) is 2.03. The first-order chi connectivity index (χ1) is 9.68. The molecular formula is C17H15FeIOS+2. The Kier molecular flexibility index (Phi) is 9.74. The van der Waals surface area contributed by atoms with E-state index in [9.17, 15) is 4.21 Å². The summed E-state index contributed by atoms with van der Waals surface area (Å²) in [5, 5.41) is 0.902. The van der Waals surface area contributed by atoms with E-state index in [4.69, 9.17) is 0 Å². The van der Waals surface area contributed by atoms with E-state index in [1.807, 2.05) is 82.6 Å². The Hall–Kier alpha value is 0.619. The molecule has 0 N–H and O–H groups in total. The summed E-state index contributed by atoms with van der Waals surface area (Å²) in [5.41, 5.74) is 1.19. The molecule has 0 aromatic heterocycles. The van der Waals surface area contributed by atoms with Gasteiger partial charge in [0.15, 0.2) is 0 Å². The van der Waals surface area contributed by atoms with Crippen LogP contribution >= 0.6 is 22.6 Å². The van der Waals surface area contributed by atoms with E-state index in [-0.39, 0.29) is 17.1 Å². The zero-order chi connectivity index (χ0) is 14.4. The molecule has 2 aliphatic rings. The van der Waals surface area contributed by atoms with Gasteiger partial charge in [-0.2, -0.15) is 0 Å². The third-order valence-electron chi connectivity index (χ3n) is 2.72. The molecule has 2 aliphatic carbocycles. The van der Waals surface area contributed by atoms with E-state index in [0.717, 1.165) is 14.1 Å². The minimum atomic E-state index is -1.04. The van der Waals surface area contributed by atoms with Crippen LogP contribution in [0.25, 0.3) is 0 Å². The maximum Gasteiger partial charge on any atom is 2.00 e. The largest absolute Gasteiger partial charge is 2.00 e. The molecule has 10 radical (unpaired) electrons. The summed E-state index contributed by atoms with van der Waals surface area (Å²) in [5.74, 6) is 0. The van der Waals surface area contributed by atoms with Gasteiger partial charge in [0.1, 0.15) is 0 Å². The Morgan fingerprint density at radius 1 is 0.857 bits per heavy atom. The molecule has 2 saturated carbocycles. The first-order valence-corrected chi connectivity index (χ1v) is 8.47. The Balaban J connectivity index is 0.000000313. The Morgan fingerprint density at radius 2 is 1.38 bits per heavy atom. The molecule has 2 fully saturated rings. The van der Waals surface area contributed by atoms with Crippen molar-refractivity contribution in [3.05, 3.63) is 90.4 Å². The van der Waals surface area contributed by atoms with E-state index >= 15 is 0 Å². The summed E-state index contributed by atoms with van der Waals surface area (Å²) in [4.78, 5) is 0.865. The van der Waals surface area contributed by atoms with Crippen LogP contribution in [0.4, 0.5) is 0 Å². The van der Waals surface area contributed by atoms with Gasteiger partial charge < -0.3 is 0 Å². The molecule has 0 heterocycles. The molecule has 0 amide bonds. The molecular weight excluding hydrogens is 435 g/mol. The second-order valence-corrected chi connectivity index (χ2v) is 6.89. The van der Waals surface area contributed by atoms with E-state index in [2.05, 4.69) is 22.6 Å². The first kappa shape index (κ1) is 19.7. The van der Waals surface area contributed by atoms with Gasteiger partial charge >= 0.3 is 17.1 Å². The van der Waals surface area contributed by atoms with Crippen LogP contribution in [0.5, 0.6) is 0 Å². The van der Waals surface area contributed by atoms with Gasteiger partial charge in [0.2, 0.25) is 0 Å². The smallest absolute Gasteiger partial charge is 0.254 e. The fourth-order valence-corrected chi connectivity index (χ4v) is 3.71. The van der Waals surface area contributed by atoms with Crippen LogP contribution in [-0.2, 0) is 27.9 Å². The number of benzene rings is 1. The van der Waals surface area contributed by atoms with E-state index in [0.29, 0.717) is 0 Å². The molecule has 0 saturated heterocycles. The van der Waals surface area contributed by atoms with Crippen molar-refractivity contribution in [2.24, 2.45) is 0 Å². The van der Waals surface area contributed by atoms with E-state index in [1.165, 1.54) is 5.56 Å². The molecule has 1 unspecified atom stereocenters. The molecule has 4 heteroatoms. The van der Waals surface area contributed by atoms with Crippen molar-refractivity contribution in [1.82, 2.24) is 0 Å². The molecule has 0 bridgehead atoms. The number of aryl methyl sites for hydroxylation is 1. The van der Waals surface area contributed by atoms with Crippen molar-refractivity contribution in [3.8, 4) is 0 Å². The van der Waals surface area contributed by atoms with Crippen LogP contribution in [0.15, 0.2) is 29.2 Å². The number of hydrogen-bond acceptors (Lipinski definition) is 1. The van der Waals surface area contributed by atoms with E-state index < -0.39 is 10.8 Å². The van der Waals surface area contributed by atoms with Crippen molar-refractivity contribution in [2.75, 3.05) is 0 Å². The topological polar surface area (TPSA) is 17.1 Å². The third kappa shape index (κ3) is 6.32. The molecule has 3 rings (SSSR count). The summed E-state index contributed by atoms with van der Waals surface area (Å²) < 4.78 is 13.2. The normalized spacial score (nSPS) is 20.5. The van der Waals surface area contributed by atoms with Crippen LogP contribution in [0, 0.1) is 67.5 Å². The third-order valence-corrected chi connectivity index (χ3v) is 5.48. The van der Waals surface area contributed by atoms with Crippen LogP contribution in [0.2, 0.25) is 0 Å². The van der Waals surface area contributed by atoms with Gasteiger partial charge in [-0.15, -0.1) is 0 Å². The molecule has 1 atom stereocenters. The SMILES string of the molecule is Cc1ccc(S(=O)[C]2[CH][CH][CH][C]2I)cc1.[CH]1[CH][CH][CH][CH]1.[Fe+2]. The molecule has 0 aliphatic heterocycles. The summed E-state index contributed by atoms with van der Waals surface area (Å²) in [7, 11) is -1.04. The molecule has 1 aromatic rings. The minimum absolute atomic E-state index is 0. The average molecular weight is 450 g/mol. The minimum Gasteiger partial charge on any atom is -0.254 e. The first-order valence-electron chi connectivity index (χ1n) is 6.25. The maximum absolute atomic E-state index is 12.1. The van der Waals surface area contributed by atoms with Gasteiger partial charge in [0.25, 0.3) is 0 Å². The van der Waals surface area contributed by atoms with Crippen LogP contribution in [0.1, 0.15) is 5.56 Å². The second-order valence-electron chi connectivity index (χ2n) is 4.28. The summed E-state index contributed by atoms with van der Waals surface area (Å²) in [6, 6.07) is 7.83. The van der Waals surface area contributed by atoms with Crippen molar-refractivity contribution >= 4 is 33.4 Å². The van der Waals surface area contributed by atoms with Crippen LogP contribution in [-0.4, -0.2) is 4.21 Å². The average Bonchev–Trinajstić information content (AvgIpc) is 3.13. The van der Waals surface area contributed by atoms with Gasteiger partial charge in [-0.05, 0) is 70.4 Å². The van der Waals surface area contributed by atoms with Crippen molar-refractivity contribution < 1.29 is 21.3 Å².